The monoisotopic (exact) mass is 326 g/mol. The second-order valence-corrected chi connectivity index (χ2v) is 5.09. The van der Waals surface area contributed by atoms with E-state index in [0.717, 1.165) is 0 Å². The first-order valence-corrected chi connectivity index (χ1v) is 7.08. The molecule has 0 bridgehead atoms. The third-order valence-corrected chi connectivity index (χ3v) is 3.25. The van der Waals surface area contributed by atoms with Gasteiger partial charge in [-0.25, -0.2) is 4.68 Å². The number of amides is 1. The van der Waals surface area contributed by atoms with Crippen molar-refractivity contribution in [2.24, 2.45) is 0 Å². The Morgan fingerprint density at radius 1 is 1.17 bits per heavy atom. The average Bonchev–Trinajstić information content (AvgIpc) is 2.56. The fraction of sp³-hybridized carbons (Fsp3) is 0. The first-order chi connectivity index (χ1) is 11.1. The minimum absolute atomic E-state index is 0.212. The maximum atomic E-state index is 12.2. The number of nitrogens with one attached hydrogen (secondary N) is 1. The van der Waals surface area contributed by atoms with E-state index in [4.69, 9.17) is 11.6 Å². The zero-order valence-electron chi connectivity index (χ0n) is 11.8. The van der Waals surface area contributed by atoms with E-state index in [9.17, 15) is 9.59 Å². The summed E-state index contributed by atoms with van der Waals surface area (Å²) in [6.07, 6.45) is 4.55. The molecule has 23 heavy (non-hydrogen) atoms. The molecule has 2 aromatic heterocycles. The van der Waals surface area contributed by atoms with E-state index in [1.54, 1.807) is 42.6 Å². The van der Waals surface area contributed by atoms with Gasteiger partial charge in [-0.15, -0.1) is 0 Å². The lowest BCUT2D eigenvalue weighted by Crippen LogP contribution is -2.25. The first-order valence-electron chi connectivity index (χ1n) is 6.71. The van der Waals surface area contributed by atoms with Crippen LogP contribution in [-0.2, 0) is 0 Å². The van der Waals surface area contributed by atoms with Gasteiger partial charge in [0.05, 0.1) is 17.6 Å². The summed E-state index contributed by atoms with van der Waals surface area (Å²) >= 11 is 5.95. The second-order valence-electron chi connectivity index (χ2n) is 4.65. The van der Waals surface area contributed by atoms with Gasteiger partial charge in [0.2, 0.25) is 5.43 Å². The molecule has 0 aliphatic rings. The molecule has 0 aliphatic carbocycles. The van der Waals surface area contributed by atoms with Gasteiger partial charge >= 0.3 is 0 Å². The van der Waals surface area contributed by atoms with Crippen molar-refractivity contribution in [3.05, 3.63) is 82.0 Å². The number of halogens is 1. The van der Waals surface area contributed by atoms with Gasteiger partial charge in [0, 0.05) is 23.5 Å². The maximum Gasteiger partial charge on any atom is 0.280 e. The molecule has 3 aromatic rings. The minimum atomic E-state index is -0.598. The van der Waals surface area contributed by atoms with Crippen molar-refractivity contribution in [2.45, 2.75) is 0 Å². The predicted octanol–water partition coefficient (Wildman–Crippen LogP) is 2.53. The van der Waals surface area contributed by atoms with Crippen LogP contribution in [0.3, 0.4) is 0 Å². The molecular weight excluding hydrogens is 316 g/mol. The van der Waals surface area contributed by atoms with Gasteiger partial charge < -0.3 is 5.32 Å². The zero-order chi connectivity index (χ0) is 16.2. The molecule has 0 fully saturated rings. The molecule has 1 N–H and O–H groups in total. The number of nitrogens with zero attached hydrogens (tertiary/aromatic N) is 3. The number of pyridine rings is 1. The molecule has 0 spiro atoms. The summed E-state index contributed by atoms with van der Waals surface area (Å²) in [5, 5.41) is 7.21. The van der Waals surface area contributed by atoms with Gasteiger partial charge in [0.15, 0.2) is 5.69 Å². The van der Waals surface area contributed by atoms with Crippen LogP contribution in [0.5, 0.6) is 0 Å². The molecule has 0 saturated heterocycles. The fourth-order valence-corrected chi connectivity index (χ4v) is 2.14. The van der Waals surface area contributed by atoms with Crippen LogP contribution >= 0.6 is 11.6 Å². The van der Waals surface area contributed by atoms with Crippen molar-refractivity contribution in [2.75, 3.05) is 5.32 Å². The Morgan fingerprint density at radius 2 is 2.04 bits per heavy atom. The van der Waals surface area contributed by atoms with Gasteiger partial charge in [0.1, 0.15) is 0 Å². The molecule has 114 valence electrons. The summed E-state index contributed by atoms with van der Waals surface area (Å²) in [7, 11) is 0. The Bertz CT molecular complexity index is 909. The molecule has 0 unspecified atom stereocenters. The molecule has 1 amide bonds. The van der Waals surface area contributed by atoms with Crippen LogP contribution in [0.1, 0.15) is 10.5 Å². The van der Waals surface area contributed by atoms with Crippen LogP contribution in [0.2, 0.25) is 5.02 Å². The maximum absolute atomic E-state index is 12.2. The Hall–Kier alpha value is -2.99. The average molecular weight is 327 g/mol. The molecule has 7 heteroatoms. The normalized spacial score (nSPS) is 10.3. The zero-order valence-corrected chi connectivity index (χ0v) is 12.6. The summed E-state index contributed by atoms with van der Waals surface area (Å²) in [4.78, 5) is 28.1. The highest BCUT2D eigenvalue weighted by Crippen LogP contribution is 2.13. The molecule has 0 saturated carbocycles. The van der Waals surface area contributed by atoms with Gasteiger partial charge in [-0.1, -0.05) is 17.7 Å². The number of hydrogen-bond acceptors (Lipinski definition) is 4. The molecule has 0 aliphatic heterocycles. The number of anilines is 1. The topological polar surface area (TPSA) is 76.9 Å². The van der Waals surface area contributed by atoms with Crippen molar-refractivity contribution in [1.82, 2.24) is 14.8 Å². The van der Waals surface area contributed by atoms with E-state index < -0.39 is 11.3 Å². The molecule has 2 heterocycles. The van der Waals surface area contributed by atoms with Gasteiger partial charge in [-0.05, 0) is 30.3 Å². The van der Waals surface area contributed by atoms with Gasteiger partial charge in [-0.3, -0.25) is 14.6 Å². The van der Waals surface area contributed by atoms with Crippen molar-refractivity contribution in [3.63, 3.8) is 0 Å². The Labute approximate surface area is 136 Å². The minimum Gasteiger partial charge on any atom is -0.319 e. The number of benzene rings is 1. The molecule has 1 aromatic carbocycles. The summed E-state index contributed by atoms with van der Waals surface area (Å²) in [6.45, 7) is 0. The molecule has 0 radical (unpaired) electrons. The Balaban J connectivity index is 1.95. The van der Waals surface area contributed by atoms with E-state index in [1.165, 1.54) is 23.1 Å². The second kappa shape index (κ2) is 6.41. The Kier molecular flexibility index (Phi) is 4.16. The number of carbonyl (C=O) groups excluding carboxylic acids is 1. The SMILES string of the molecule is O=C(Nc1cccnc1)c1nn(-c2cccc(Cl)c2)ccc1=O. The van der Waals surface area contributed by atoms with E-state index >= 15 is 0 Å². The molecule has 3 rings (SSSR count). The predicted molar refractivity (Wildman–Crippen MR) is 87.0 cm³/mol. The van der Waals surface area contributed by atoms with Crippen molar-refractivity contribution in [3.8, 4) is 5.69 Å². The number of hydrogen-bond donors (Lipinski definition) is 1. The lowest BCUT2D eigenvalue weighted by atomic mass is 10.3. The van der Waals surface area contributed by atoms with Crippen LogP contribution < -0.4 is 10.7 Å². The van der Waals surface area contributed by atoms with Crippen molar-refractivity contribution >= 4 is 23.2 Å². The molecule has 6 nitrogen and oxygen atoms in total. The van der Waals surface area contributed by atoms with Crippen LogP contribution in [0.4, 0.5) is 5.69 Å². The molecular formula is C16H11ClN4O2. The van der Waals surface area contributed by atoms with Gasteiger partial charge in [0.25, 0.3) is 5.91 Å². The third kappa shape index (κ3) is 3.44. The highest BCUT2D eigenvalue weighted by Gasteiger charge is 2.13. The first kappa shape index (κ1) is 14.9. The molecule has 0 atom stereocenters. The lowest BCUT2D eigenvalue weighted by Gasteiger charge is -2.08. The quantitative estimate of drug-likeness (QED) is 0.802. The van der Waals surface area contributed by atoms with Crippen LogP contribution in [0.25, 0.3) is 5.69 Å². The van der Waals surface area contributed by atoms with Gasteiger partial charge in [-0.2, -0.15) is 5.10 Å². The van der Waals surface area contributed by atoms with E-state index in [2.05, 4.69) is 15.4 Å². The van der Waals surface area contributed by atoms with Crippen molar-refractivity contribution < 1.29 is 4.79 Å². The van der Waals surface area contributed by atoms with Crippen LogP contribution in [0.15, 0.2) is 65.8 Å². The third-order valence-electron chi connectivity index (χ3n) is 3.02. The summed E-state index contributed by atoms with van der Waals surface area (Å²) in [6, 6.07) is 11.6. The summed E-state index contributed by atoms with van der Waals surface area (Å²) in [5.74, 6) is -0.598. The highest BCUT2D eigenvalue weighted by molar-refractivity contribution is 6.30. The largest absolute Gasteiger partial charge is 0.319 e. The van der Waals surface area contributed by atoms with Crippen LogP contribution in [0, 0.1) is 0 Å². The van der Waals surface area contributed by atoms with E-state index in [0.29, 0.717) is 16.4 Å². The lowest BCUT2D eigenvalue weighted by molar-refractivity contribution is 0.101. The number of aromatic nitrogens is 3. The smallest absolute Gasteiger partial charge is 0.280 e. The summed E-state index contributed by atoms with van der Waals surface area (Å²) in [5.41, 5.74) is 0.450. The van der Waals surface area contributed by atoms with Crippen LogP contribution in [-0.4, -0.2) is 20.7 Å². The van der Waals surface area contributed by atoms with Crippen molar-refractivity contribution in [1.29, 1.82) is 0 Å². The van der Waals surface area contributed by atoms with E-state index in [-0.39, 0.29) is 5.69 Å². The Morgan fingerprint density at radius 3 is 2.78 bits per heavy atom. The highest BCUT2D eigenvalue weighted by atomic mass is 35.5. The fourth-order valence-electron chi connectivity index (χ4n) is 1.95. The number of rotatable bonds is 3. The number of carbonyl (C=O) groups is 1. The summed E-state index contributed by atoms with van der Waals surface area (Å²) < 4.78 is 1.42. The standard InChI is InChI=1S/C16H11ClN4O2/c17-11-3-1-5-13(9-11)21-8-6-14(22)15(20-21)16(23)19-12-4-2-7-18-10-12/h1-10H,(H,19,23). The van der Waals surface area contributed by atoms with E-state index in [1.807, 2.05) is 0 Å².